The van der Waals surface area contributed by atoms with Gasteiger partial charge in [-0.2, -0.15) is 5.26 Å². The fraction of sp³-hybridized carbons (Fsp3) is 0.259. The number of hydrogen-bond acceptors (Lipinski definition) is 5. The van der Waals surface area contributed by atoms with E-state index in [0.29, 0.717) is 5.56 Å². The van der Waals surface area contributed by atoms with Gasteiger partial charge in [0.25, 0.3) is 0 Å². The van der Waals surface area contributed by atoms with Crippen molar-refractivity contribution < 1.29 is 9.53 Å². The van der Waals surface area contributed by atoms with Crippen molar-refractivity contribution in [3.63, 3.8) is 0 Å². The number of carbonyl (C=O) groups excluding carboxylic acids is 1. The van der Waals surface area contributed by atoms with Gasteiger partial charge in [0.1, 0.15) is 11.8 Å². The number of nitriles is 1. The summed E-state index contributed by atoms with van der Waals surface area (Å²) >= 11 is 0. The molecule has 1 saturated heterocycles. The Labute approximate surface area is 195 Å². The minimum atomic E-state index is -0.356. The Morgan fingerprint density at radius 1 is 0.970 bits per heavy atom. The average Bonchev–Trinajstić information content (AvgIpc) is 2.87. The summed E-state index contributed by atoms with van der Waals surface area (Å²) < 4.78 is 5.21. The fourth-order valence-corrected chi connectivity index (χ4v) is 4.17. The van der Waals surface area contributed by atoms with E-state index in [4.69, 9.17) is 10.00 Å². The molecule has 0 saturated carbocycles. The molecular weight excluding hydrogens is 412 g/mol. The molecule has 4 rings (SSSR count). The van der Waals surface area contributed by atoms with E-state index in [1.807, 2.05) is 78.9 Å². The molecule has 1 N–H and O–H groups in total. The summed E-state index contributed by atoms with van der Waals surface area (Å²) in [7, 11) is 1.63. The van der Waals surface area contributed by atoms with E-state index in [2.05, 4.69) is 21.2 Å². The molecule has 33 heavy (non-hydrogen) atoms. The molecule has 1 aliphatic heterocycles. The van der Waals surface area contributed by atoms with Gasteiger partial charge in [-0.25, -0.2) is 0 Å². The Morgan fingerprint density at radius 3 is 2.24 bits per heavy atom. The average molecular weight is 441 g/mol. The summed E-state index contributed by atoms with van der Waals surface area (Å²) in [5, 5.41) is 12.1. The number of carbonyl (C=O) groups is 1. The number of methoxy groups -OCH3 is 1. The van der Waals surface area contributed by atoms with Crippen molar-refractivity contribution in [2.24, 2.45) is 0 Å². The smallest absolute Gasteiger partial charge is 0.246 e. The molecular formula is C27H28N4O2. The number of benzene rings is 3. The maximum atomic E-state index is 13.4. The van der Waals surface area contributed by atoms with E-state index < -0.39 is 0 Å². The normalized spacial score (nSPS) is 15.4. The van der Waals surface area contributed by atoms with Gasteiger partial charge in [-0.1, -0.05) is 42.5 Å². The van der Waals surface area contributed by atoms with E-state index in [-0.39, 0.29) is 11.9 Å². The summed E-state index contributed by atoms with van der Waals surface area (Å²) in [6, 6.07) is 26.9. The fourth-order valence-electron chi connectivity index (χ4n) is 4.17. The van der Waals surface area contributed by atoms with Crippen LogP contribution in [0.5, 0.6) is 5.75 Å². The molecule has 0 aromatic heterocycles. The molecule has 0 aliphatic carbocycles. The number of rotatable bonds is 7. The van der Waals surface area contributed by atoms with Gasteiger partial charge in [-0.15, -0.1) is 0 Å². The van der Waals surface area contributed by atoms with Crippen molar-refractivity contribution in [2.45, 2.75) is 12.6 Å². The molecule has 0 spiro atoms. The molecule has 1 aliphatic rings. The van der Waals surface area contributed by atoms with Crippen molar-refractivity contribution in [3.8, 4) is 11.8 Å². The van der Waals surface area contributed by atoms with Crippen LogP contribution in [0.2, 0.25) is 0 Å². The number of nitrogens with zero attached hydrogens (tertiary/aromatic N) is 3. The number of hydrogen-bond donors (Lipinski definition) is 1. The highest BCUT2D eigenvalue weighted by atomic mass is 16.5. The monoisotopic (exact) mass is 440 g/mol. The predicted molar refractivity (Wildman–Crippen MR) is 129 cm³/mol. The lowest BCUT2D eigenvalue weighted by Crippen LogP contribution is -2.49. The molecule has 0 radical (unpaired) electrons. The number of nitrogens with one attached hydrogen (secondary N) is 1. The summed E-state index contributed by atoms with van der Waals surface area (Å²) in [5.41, 5.74) is 3.61. The van der Waals surface area contributed by atoms with Crippen LogP contribution in [-0.4, -0.2) is 49.0 Å². The second-order valence-corrected chi connectivity index (χ2v) is 8.15. The zero-order valence-electron chi connectivity index (χ0n) is 18.8. The van der Waals surface area contributed by atoms with E-state index in [9.17, 15) is 4.79 Å². The van der Waals surface area contributed by atoms with Gasteiger partial charge < -0.3 is 10.1 Å². The number of amides is 1. The molecule has 3 aromatic carbocycles. The number of anilines is 1. The summed E-state index contributed by atoms with van der Waals surface area (Å²) in [6.45, 7) is 4.18. The quantitative estimate of drug-likeness (QED) is 0.600. The first kappa shape index (κ1) is 22.5. The molecule has 1 unspecified atom stereocenters. The zero-order valence-corrected chi connectivity index (χ0v) is 18.8. The Morgan fingerprint density at radius 2 is 1.64 bits per heavy atom. The summed E-state index contributed by atoms with van der Waals surface area (Å²) in [4.78, 5) is 18.0. The highest BCUT2D eigenvalue weighted by Gasteiger charge is 2.30. The molecule has 0 bridgehead atoms. The van der Waals surface area contributed by atoms with Gasteiger partial charge in [0.15, 0.2) is 0 Å². The summed E-state index contributed by atoms with van der Waals surface area (Å²) in [6.07, 6.45) is 0. The van der Waals surface area contributed by atoms with Gasteiger partial charge in [0.05, 0.1) is 18.7 Å². The number of ether oxygens (including phenoxy) is 1. The minimum absolute atomic E-state index is 0.0353. The summed E-state index contributed by atoms with van der Waals surface area (Å²) in [5.74, 6) is 0.720. The van der Waals surface area contributed by atoms with Crippen LogP contribution in [0.4, 0.5) is 5.69 Å². The van der Waals surface area contributed by atoms with E-state index >= 15 is 0 Å². The lowest BCUT2D eigenvalue weighted by molar-refractivity contribution is -0.122. The highest BCUT2D eigenvalue weighted by molar-refractivity contribution is 5.95. The molecule has 1 atom stereocenters. The second kappa shape index (κ2) is 10.8. The standard InChI is InChI=1S/C27H28N4O2/c1-33-25-13-11-24(12-14-25)29-27(32)26(23-5-3-2-4-6-23)31-17-15-30(16-18-31)20-22-9-7-21(19-28)8-10-22/h2-14,26H,15-18,20H2,1H3,(H,29,32). The first-order valence-corrected chi connectivity index (χ1v) is 11.1. The van der Waals surface area contributed by atoms with Crippen molar-refractivity contribution in [3.05, 3.63) is 95.6 Å². The van der Waals surface area contributed by atoms with Gasteiger partial charge in [-0.05, 0) is 47.5 Å². The van der Waals surface area contributed by atoms with Crippen LogP contribution in [-0.2, 0) is 11.3 Å². The predicted octanol–water partition coefficient (Wildman–Crippen LogP) is 4.06. The first-order valence-electron chi connectivity index (χ1n) is 11.1. The maximum absolute atomic E-state index is 13.4. The topological polar surface area (TPSA) is 68.6 Å². The first-order chi connectivity index (χ1) is 16.2. The second-order valence-electron chi connectivity index (χ2n) is 8.15. The lowest BCUT2D eigenvalue weighted by Gasteiger charge is -2.38. The van der Waals surface area contributed by atoms with Crippen molar-refractivity contribution >= 4 is 11.6 Å². The molecule has 1 heterocycles. The van der Waals surface area contributed by atoms with Crippen LogP contribution in [0.15, 0.2) is 78.9 Å². The zero-order chi connectivity index (χ0) is 23.0. The van der Waals surface area contributed by atoms with Crippen LogP contribution in [0.25, 0.3) is 0 Å². The maximum Gasteiger partial charge on any atom is 0.246 e. The van der Waals surface area contributed by atoms with Gasteiger partial charge in [0, 0.05) is 38.4 Å². The van der Waals surface area contributed by atoms with E-state index in [1.54, 1.807) is 7.11 Å². The molecule has 1 fully saturated rings. The van der Waals surface area contributed by atoms with Crippen LogP contribution in [0.3, 0.4) is 0 Å². The van der Waals surface area contributed by atoms with Crippen LogP contribution >= 0.6 is 0 Å². The third kappa shape index (κ3) is 5.78. The van der Waals surface area contributed by atoms with Crippen LogP contribution in [0, 0.1) is 11.3 Å². The Bertz CT molecular complexity index is 1080. The van der Waals surface area contributed by atoms with Crippen molar-refractivity contribution in [1.82, 2.24) is 9.80 Å². The molecule has 1 amide bonds. The largest absolute Gasteiger partial charge is 0.497 e. The minimum Gasteiger partial charge on any atom is -0.497 e. The van der Waals surface area contributed by atoms with Crippen molar-refractivity contribution in [1.29, 1.82) is 5.26 Å². The highest BCUT2D eigenvalue weighted by Crippen LogP contribution is 2.25. The third-order valence-electron chi connectivity index (χ3n) is 5.98. The third-order valence-corrected chi connectivity index (χ3v) is 5.98. The van der Waals surface area contributed by atoms with Gasteiger partial charge in [0.2, 0.25) is 5.91 Å². The Hall–Kier alpha value is -3.66. The Balaban J connectivity index is 1.43. The molecule has 3 aromatic rings. The Kier molecular flexibility index (Phi) is 7.36. The molecule has 168 valence electrons. The van der Waals surface area contributed by atoms with E-state index in [0.717, 1.165) is 49.7 Å². The molecule has 6 nitrogen and oxygen atoms in total. The van der Waals surface area contributed by atoms with Crippen LogP contribution < -0.4 is 10.1 Å². The van der Waals surface area contributed by atoms with Gasteiger partial charge >= 0.3 is 0 Å². The van der Waals surface area contributed by atoms with Gasteiger partial charge in [-0.3, -0.25) is 14.6 Å². The lowest BCUT2D eigenvalue weighted by atomic mass is 10.0. The number of piperazine rings is 1. The van der Waals surface area contributed by atoms with Crippen LogP contribution in [0.1, 0.15) is 22.7 Å². The van der Waals surface area contributed by atoms with Crippen molar-refractivity contribution in [2.75, 3.05) is 38.6 Å². The SMILES string of the molecule is COc1ccc(NC(=O)C(c2ccccc2)N2CCN(Cc3ccc(C#N)cc3)CC2)cc1. The molecule has 6 heteroatoms. The van der Waals surface area contributed by atoms with E-state index in [1.165, 1.54) is 5.56 Å².